The van der Waals surface area contributed by atoms with Crippen LogP contribution in [0.2, 0.25) is 0 Å². The molecule has 2 aromatic carbocycles. The summed E-state index contributed by atoms with van der Waals surface area (Å²) in [6.07, 6.45) is 0. The zero-order valence-electron chi connectivity index (χ0n) is 15.8. The highest BCUT2D eigenvalue weighted by molar-refractivity contribution is 5.37. The summed E-state index contributed by atoms with van der Waals surface area (Å²) >= 11 is 0. The van der Waals surface area contributed by atoms with Crippen molar-refractivity contribution in [2.75, 3.05) is 46.4 Å². The van der Waals surface area contributed by atoms with E-state index in [9.17, 15) is 0 Å². The third-order valence-corrected chi connectivity index (χ3v) is 5.58. The highest BCUT2D eigenvalue weighted by Crippen LogP contribution is 2.32. The van der Waals surface area contributed by atoms with Crippen LogP contribution in [0.25, 0.3) is 0 Å². The van der Waals surface area contributed by atoms with Crippen molar-refractivity contribution in [1.29, 1.82) is 0 Å². The molecule has 0 spiro atoms. The lowest BCUT2D eigenvalue weighted by atomic mass is 9.96. The van der Waals surface area contributed by atoms with Crippen LogP contribution in [0.1, 0.15) is 31.0 Å². The van der Waals surface area contributed by atoms with Gasteiger partial charge in [0, 0.05) is 13.1 Å². The molecule has 1 aliphatic rings. The number of likely N-dealkylation sites (N-methyl/N-ethyl adjacent to an activating group) is 1. The molecule has 1 saturated heterocycles. The minimum Gasteiger partial charge on any atom is -0.494 e. The lowest BCUT2D eigenvalue weighted by Crippen LogP contribution is -2.57. The fourth-order valence-corrected chi connectivity index (χ4v) is 3.73. The van der Waals surface area contributed by atoms with E-state index in [0.29, 0.717) is 12.6 Å². The van der Waals surface area contributed by atoms with Gasteiger partial charge < -0.3 is 9.22 Å². The van der Waals surface area contributed by atoms with Gasteiger partial charge in [-0.25, -0.2) is 0 Å². The summed E-state index contributed by atoms with van der Waals surface area (Å²) in [4.78, 5) is 2.63. The van der Waals surface area contributed by atoms with Crippen LogP contribution in [-0.4, -0.2) is 55.8 Å². The monoisotopic (exact) mass is 339 g/mol. The first-order valence-electron chi connectivity index (χ1n) is 9.50. The van der Waals surface area contributed by atoms with Gasteiger partial charge in [0.15, 0.2) is 0 Å². The number of hydrogen-bond donors (Lipinski definition) is 0. The molecular weight excluding hydrogens is 308 g/mol. The normalized spacial score (nSPS) is 18.7. The van der Waals surface area contributed by atoms with Crippen LogP contribution in [0.5, 0.6) is 5.75 Å². The molecule has 134 valence electrons. The van der Waals surface area contributed by atoms with Gasteiger partial charge in [-0.2, -0.15) is 0 Å². The molecule has 0 amide bonds. The summed E-state index contributed by atoms with van der Waals surface area (Å²) in [6.45, 7) is 10.9. The van der Waals surface area contributed by atoms with Gasteiger partial charge in [-0.3, -0.25) is 4.90 Å². The molecule has 0 saturated carbocycles. The number of nitrogens with zero attached hydrogens (tertiary/aromatic N) is 2. The van der Waals surface area contributed by atoms with E-state index in [1.807, 2.05) is 6.92 Å². The first-order chi connectivity index (χ1) is 12.1. The molecular formula is C22H31N2O+. The molecule has 0 aliphatic carbocycles. The molecule has 2 aromatic rings. The van der Waals surface area contributed by atoms with Gasteiger partial charge in [0.25, 0.3) is 0 Å². The summed E-state index contributed by atoms with van der Waals surface area (Å²) in [5, 5.41) is 0. The van der Waals surface area contributed by atoms with E-state index >= 15 is 0 Å². The molecule has 3 heteroatoms. The fourth-order valence-electron chi connectivity index (χ4n) is 3.73. The zero-order valence-corrected chi connectivity index (χ0v) is 15.8. The Hall–Kier alpha value is -1.84. The van der Waals surface area contributed by atoms with Crippen LogP contribution < -0.4 is 4.74 Å². The summed E-state index contributed by atoms with van der Waals surface area (Å²) < 4.78 is 6.93. The predicted octanol–water partition coefficient (Wildman–Crippen LogP) is 3.96. The van der Waals surface area contributed by atoms with Crippen molar-refractivity contribution in [1.82, 2.24) is 4.90 Å². The Morgan fingerprint density at radius 3 is 2.28 bits per heavy atom. The average Bonchev–Trinajstić information content (AvgIpc) is 2.65. The van der Waals surface area contributed by atoms with Crippen molar-refractivity contribution >= 4 is 0 Å². The van der Waals surface area contributed by atoms with Crippen LogP contribution in [0.15, 0.2) is 54.6 Å². The van der Waals surface area contributed by atoms with Gasteiger partial charge in [0.05, 0.1) is 39.3 Å². The summed E-state index contributed by atoms with van der Waals surface area (Å²) in [6, 6.07) is 19.8. The number of benzene rings is 2. The van der Waals surface area contributed by atoms with E-state index in [4.69, 9.17) is 4.74 Å². The first-order valence-corrected chi connectivity index (χ1v) is 9.50. The van der Waals surface area contributed by atoms with Crippen molar-refractivity contribution < 1.29 is 9.22 Å². The highest BCUT2D eigenvalue weighted by atomic mass is 16.5. The molecule has 1 atom stereocenters. The molecule has 3 nitrogen and oxygen atoms in total. The van der Waals surface area contributed by atoms with E-state index in [0.717, 1.165) is 18.8 Å². The lowest BCUT2D eigenvalue weighted by Gasteiger charge is -2.44. The van der Waals surface area contributed by atoms with E-state index in [1.54, 1.807) is 0 Å². The minimum absolute atomic E-state index is 0.298. The van der Waals surface area contributed by atoms with Gasteiger partial charge >= 0.3 is 0 Å². The smallest absolute Gasteiger partial charge is 0.119 e. The third-order valence-electron chi connectivity index (χ3n) is 5.58. The molecule has 0 aromatic heterocycles. The number of ether oxygens (including phenoxy) is 1. The second-order valence-electron chi connectivity index (χ2n) is 7.24. The molecule has 1 unspecified atom stereocenters. The van der Waals surface area contributed by atoms with Crippen molar-refractivity contribution in [2.24, 2.45) is 0 Å². The highest BCUT2D eigenvalue weighted by Gasteiger charge is 2.32. The van der Waals surface area contributed by atoms with Crippen molar-refractivity contribution in [3.8, 4) is 5.75 Å². The molecule has 3 rings (SSSR count). The van der Waals surface area contributed by atoms with Crippen molar-refractivity contribution in [3.63, 3.8) is 0 Å². The molecule has 25 heavy (non-hydrogen) atoms. The van der Waals surface area contributed by atoms with Gasteiger partial charge in [-0.15, -0.1) is 0 Å². The number of hydrogen-bond acceptors (Lipinski definition) is 2. The standard InChI is InChI=1S/C22H31N2O/c1-4-24(3)16-14-23(15-17-24)22(19-10-7-6-8-11-19)20-12-9-13-21(18-20)25-5-2/h6-13,18,22H,4-5,14-17H2,1-3H3/q+1. The van der Waals surface area contributed by atoms with Gasteiger partial charge in [0.1, 0.15) is 5.75 Å². The molecule has 0 N–H and O–H groups in total. The third kappa shape index (κ3) is 4.23. The Kier molecular flexibility index (Phi) is 5.77. The van der Waals surface area contributed by atoms with E-state index in [1.165, 1.54) is 35.2 Å². The topological polar surface area (TPSA) is 12.5 Å². The largest absolute Gasteiger partial charge is 0.494 e. The summed E-state index contributed by atoms with van der Waals surface area (Å²) in [7, 11) is 2.38. The van der Waals surface area contributed by atoms with Crippen LogP contribution in [0, 0.1) is 0 Å². The van der Waals surface area contributed by atoms with Crippen molar-refractivity contribution in [2.45, 2.75) is 19.9 Å². The summed E-state index contributed by atoms with van der Waals surface area (Å²) in [5.41, 5.74) is 2.69. The fraction of sp³-hybridized carbons (Fsp3) is 0.455. The van der Waals surface area contributed by atoms with Crippen LogP contribution in [0.4, 0.5) is 0 Å². The Bertz CT molecular complexity index is 663. The Morgan fingerprint density at radius 2 is 1.64 bits per heavy atom. The molecule has 1 aliphatic heterocycles. The van der Waals surface area contributed by atoms with Gasteiger partial charge in [-0.1, -0.05) is 42.5 Å². The average molecular weight is 340 g/mol. The first kappa shape index (κ1) is 18.0. The quantitative estimate of drug-likeness (QED) is 0.739. The molecule has 0 radical (unpaired) electrons. The second kappa shape index (κ2) is 8.03. The maximum atomic E-state index is 5.75. The van der Waals surface area contributed by atoms with Crippen LogP contribution in [0.3, 0.4) is 0 Å². The molecule has 1 fully saturated rings. The predicted molar refractivity (Wildman–Crippen MR) is 104 cm³/mol. The van der Waals surface area contributed by atoms with Crippen molar-refractivity contribution in [3.05, 3.63) is 65.7 Å². The zero-order chi connectivity index (χ0) is 17.7. The van der Waals surface area contributed by atoms with Crippen LogP contribution in [-0.2, 0) is 0 Å². The lowest BCUT2D eigenvalue weighted by molar-refractivity contribution is -0.912. The molecule has 0 bridgehead atoms. The maximum absolute atomic E-state index is 5.75. The van der Waals surface area contributed by atoms with Gasteiger partial charge in [-0.05, 0) is 37.1 Å². The number of piperazine rings is 1. The maximum Gasteiger partial charge on any atom is 0.119 e. The Labute approximate surface area is 152 Å². The Morgan fingerprint density at radius 1 is 0.960 bits per heavy atom. The SMILES string of the molecule is CCOc1cccc(C(c2ccccc2)N2CC[N+](C)(CC)CC2)c1. The van der Waals surface area contributed by atoms with Crippen LogP contribution >= 0.6 is 0 Å². The van der Waals surface area contributed by atoms with Gasteiger partial charge in [0.2, 0.25) is 0 Å². The number of rotatable bonds is 6. The summed E-state index contributed by atoms with van der Waals surface area (Å²) in [5.74, 6) is 0.965. The van der Waals surface area contributed by atoms with E-state index in [2.05, 4.69) is 73.5 Å². The second-order valence-corrected chi connectivity index (χ2v) is 7.24. The Balaban J connectivity index is 1.90. The number of quaternary nitrogens is 1. The molecule has 1 heterocycles. The van der Waals surface area contributed by atoms with E-state index in [-0.39, 0.29) is 0 Å². The minimum atomic E-state index is 0.298. The van der Waals surface area contributed by atoms with E-state index < -0.39 is 0 Å².